The summed E-state index contributed by atoms with van der Waals surface area (Å²) in [4.78, 5) is 3.74. The standard InChI is InChI=1S/C11H20N2OS/c1-13(7-9-14-8-5-12)6-4-11-3-2-10-15-11/h2-3,10H,4-9,12H2,1H3. The first-order valence-corrected chi connectivity index (χ1v) is 6.19. The predicted octanol–water partition coefficient (Wildman–Crippen LogP) is 1.20. The summed E-state index contributed by atoms with van der Waals surface area (Å²) in [6.45, 7) is 4.12. The maximum atomic E-state index is 5.33. The third-order valence-electron chi connectivity index (χ3n) is 2.20. The summed E-state index contributed by atoms with van der Waals surface area (Å²) in [5, 5.41) is 2.12. The van der Waals surface area contributed by atoms with Crippen LogP contribution in [0.5, 0.6) is 0 Å². The van der Waals surface area contributed by atoms with Crippen LogP contribution in [0, 0.1) is 0 Å². The molecule has 0 unspecified atom stereocenters. The Hall–Kier alpha value is -0.420. The summed E-state index contributed by atoms with van der Waals surface area (Å²) in [7, 11) is 2.12. The van der Waals surface area contributed by atoms with Gasteiger partial charge >= 0.3 is 0 Å². The Morgan fingerprint density at radius 2 is 2.27 bits per heavy atom. The van der Waals surface area contributed by atoms with Crippen molar-refractivity contribution in [1.82, 2.24) is 4.90 Å². The Morgan fingerprint density at radius 3 is 2.93 bits per heavy atom. The van der Waals surface area contributed by atoms with Gasteiger partial charge in [0.2, 0.25) is 0 Å². The van der Waals surface area contributed by atoms with Gasteiger partial charge in [-0.25, -0.2) is 0 Å². The lowest BCUT2D eigenvalue weighted by atomic mass is 10.3. The SMILES string of the molecule is CN(CCOCCN)CCc1cccs1. The quantitative estimate of drug-likeness (QED) is 0.679. The van der Waals surface area contributed by atoms with Crippen LogP contribution in [0.3, 0.4) is 0 Å². The van der Waals surface area contributed by atoms with E-state index in [0.717, 1.165) is 26.1 Å². The van der Waals surface area contributed by atoms with Crippen LogP contribution < -0.4 is 5.73 Å². The molecule has 0 spiro atoms. The van der Waals surface area contributed by atoms with Crippen molar-refractivity contribution in [2.75, 3.05) is 39.9 Å². The van der Waals surface area contributed by atoms with Crippen LogP contribution in [0.1, 0.15) is 4.88 Å². The second-order valence-corrected chi connectivity index (χ2v) is 4.57. The molecule has 86 valence electrons. The van der Waals surface area contributed by atoms with Crippen molar-refractivity contribution in [3.05, 3.63) is 22.4 Å². The van der Waals surface area contributed by atoms with Gasteiger partial charge in [0, 0.05) is 24.5 Å². The van der Waals surface area contributed by atoms with E-state index in [9.17, 15) is 0 Å². The van der Waals surface area contributed by atoms with Crippen LogP contribution in [0.15, 0.2) is 17.5 Å². The lowest BCUT2D eigenvalue weighted by Crippen LogP contribution is -2.26. The topological polar surface area (TPSA) is 38.5 Å². The van der Waals surface area contributed by atoms with Gasteiger partial charge in [-0.15, -0.1) is 11.3 Å². The van der Waals surface area contributed by atoms with Crippen molar-refractivity contribution in [2.45, 2.75) is 6.42 Å². The second-order valence-electron chi connectivity index (χ2n) is 3.53. The molecule has 1 aromatic rings. The first kappa shape index (κ1) is 12.6. The predicted molar refractivity (Wildman–Crippen MR) is 65.4 cm³/mol. The molecule has 0 aromatic carbocycles. The summed E-state index contributed by atoms with van der Waals surface area (Å²) in [5.74, 6) is 0. The average molecular weight is 228 g/mol. The molecule has 15 heavy (non-hydrogen) atoms. The van der Waals surface area contributed by atoms with Gasteiger partial charge in [0.1, 0.15) is 0 Å². The van der Waals surface area contributed by atoms with Crippen molar-refractivity contribution < 1.29 is 4.74 Å². The maximum absolute atomic E-state index is 5.33. The molecule has 0 fully saturated rings. The molecule has 0 amide bonds. The molecule has 0 saturated carbocycles. The first-order valence-electron chi connectivity index (χ1n) is 5.31. The number of rotatable bonds is 8. The summed E-state index contributed by atoms with van der Waals surface area (Å²) >= 11 is 1.82. The van der Waals surface area contributed by atoms with Crippen LogP contribution in [0.2, 0.25) is 0 Å². The van der Waals surface area contributed by atoms with Crippen LogP contribution in [-0.4, -0.2) is 44.8 Å². The highest BCUT2D eigenvalue weighted by Crippen LogP contribution is 2.09. The molecule has 0 aliphatic heterocycles. The molecule has 3 nitrogen and oxygen atoms in total. The Balaban J connectivity index is 2.01. The van der Waals surface area contributed by atoms with E-state index in [2.05, 4.69) is 29.5 Å². The average Bonchev–Trinajstić information content (AvgIpc) is 2.74. The van der Waals surface area contributed by atoms with E-state index in [1.807, 2.05) is 11.3 Å². The van der Waals surface area contributed by atoms with Crippen LogP contribution in [0.25, 0.3) is 0 Å². The molecule has 4 heteroatoms. The molecular formula is C11H20N2OS. The van der Waals surface area contributed by atoms with Crippen molar-refractivity contribution in [2.24, 2.45) is 5.73 Å². The van der Waals surface area contributed by atoms with E-state index in [1.54, 1.807) is 0 Å². The Kier molecular flexibility index (Phi) is 6.59. The normalized spacial score (nSPS) is 11.1. The van der Waals surface area contributed by atoms with E-state index in [-0.39, 0.29) is 0 Å². The van der Waals surface area contributed by atoms with Crippen LogP contribution in [-0.2, 0) is 11.2 Å². The highest BCUT2D eigenvalue weighted by Gasteiger charge is 1.99. The van der Waals surface area contributed by atoms with E-state index in [0.29, 0.717) is 13.2 Å². The molecule has 1 heterocycles. The van der Waals surface area contributed by atoms with Gasteiger partial charge in [-0.05, 0) is 24.9 Å². The van der Waals surface area contributed by atoms with Crippen molar-refractivity contribution in [3.8, 4) is 0 Å². The smallest absolute Gasteiger partial charge is 0.0593 e. The number of likely N-dealkylation sites (N-methyl/N-ethyl adjacent to an activating group) is 1. The molecule has 0 atom stereocenters. The number of ether oxygens (including phenoxy) is 1. The highest BCUT2D eigenvalue weighted by atomic mass is 32.1. The summed E-state index contributed by atoms with van der Waals surface area (Å²) in [6, 6.07) is 4.29. The van der Waals surface area contributed by atoms with Gasteiger partial charge in [-0.2, -0.15) is 0 Å². The zero-order chi connectivity index (χ0) is 10.9. The lowest BCUT2D eigenvalue weighted by molar-refractivity contribution is 0.118. The summed E-state index contributed by atoms with van der Waals surface area (Å²) in [6.07, 6.45) is 1.13. The maximum Gasteiger partial charge on any atom is 0.0593 e. The van der Waals surface area contributed by atoms with Gasteiger partial charge in [0.05, 0.1) is 13.2 Å². The van der Waals surface area contributed by atoms with Gasteiger partial charge in [0.25, 0.3) is 0 Å². The molecular weight excluding hydrogens is 208 g/mol. The van der Waals surface area contributed by atoms with E-state index in [1.165, 1.54) is 4.88 Å². The second kappa shape index (κ2) is 7.82. The van der Waals surface area contributed by atoms with Gasteiger partial charge < -0.3 is 15.4 Å². The number of nitrogens with zero attached hydrogens (tertiary/aromatic N) is 1. The van der Waals surface area contributed by atoms with Crippen molar-refractivity contribution in [1.29, 1.82) is 0 Å². The first-order chi connectivity index (χ1) is 7.33. The Labute approximate surface area is 95.8 Å². The molecule has 0 aliphatic carbocycles. The minimum atomic E-state index is 0.610. The summed E-state index contributed by atoms with van der Waals surface area (Å²) in [5.41, 5.74) is 5.33. The van der Waals surface area contributed by atoms with E-state index >= 15 is 0 Å². The minimum absolute atomic E-state index is 0.610. The molecule has 2 N–H and O–H groups in total. The molecule has 0 radical (unpaired) electrons. The van der Waals surface area contributed by atoms with Crippen molar-refractivity contribution >= 4 is 11.3 Å². The number of nitrogens with two attached hydrogens (primary N) is 1. The number of hydrogen-bond donors (Lipinski definition) is 1. The Bertz CT molecular complexity index is 239. The van der Waals surface area contributed by atoms with Gasteiger partial charge in [-0.3, -0.25) is 0 Å². The minimum Gasteiger partial charge on any atom is -0.379 e. The molecule has 0 saturated heterocycles. The fourth-order valence-corrected chi connectivity index (χ4v) is 1.97. The zero-order valence-electron chi connectivity index (χ0n) is 9.32. The van der Waals surface area contributed by atoms with Crippen molar-refractivity contribution in [3.63, 3.8) is 0 Å². The zero-order valence-corrected chi connectivity index (χ0v) is 10.1. The fourth-order valence-electron chi connectivity index (χ4n) is 1.27. The van der Waals surface area contributed by atoms with E-state index < -0.39 is 0 Å². The summed E-state index contributed by atoms with van der Waals surface area (Å²) < 4.78 is 5.33. The number of thiophene rings is 1. The largest absolute Gasteiger partial charge is 0.379 e. The van der Waals surface area contributed by atoms with Gasteiger partial charge in [0.15, 0.2) is 0 Å². The fraction of sp³-hybridized carbons (Fsp3) is 0.636. The highest BCUT2D eigenvalue weighted by molar-refractivity contribution is 7.09. The molecule has 0 aliphatic rings. The Morgan fingerprint density at radius 1 is 1.40 bits per heavy atom. The lowest BCUT2D eigenvalue weighted by Gasteiger charge is -2.15. The molecule has 0 bridgehead atoms. The molecule has 1 rings (SSSR count). The third-order valence-corrected chi connectivity index (χ3v) is 3.14. The third kappa shape index (κ3) is 5.89. The van der Waals surface area contributed by atoms with E-state index in [4.69, 9.17) is 10.5 Å². The van der Waals surface area contributed by atoms with Crippen LogP contribution in [0.4, 0.5) is 0 Å². The number of hydrogen-bond acceptors (Lipinski definition) is 4. The molecule has 1 aromatic heterocycles. The van der Waals surface area contributed by atoms with Crippen LogP contribution >= 0.6 is 11.3 Å². The monoisotopic (exact) mass is 228 g/mol. The van der Waals surface area contributed by atoms with Gasteiger partial charge in [-0.1, -0.05) is 6.07 Å².